The third-order valence-corrected chi connectivity index (χ3v) is 16.1. The molecule has 10 heteroatoms. The van der Waals surface area contributed by atoms with E-state index >= 15 is 0 Å². The van der Waals surface area contributed by atoms with Gasteiger partial charge in [0.15, 0.2) is 0 Å². The number of aliphatic hydroxyl groups excluding tert-OH is 2. The molecule has 2 amide bonds. The molecule has 340 valence electrons. The highest BCUT2D eigenvalue weighted by Crippen LogP contribution is 2.68. The molecule has 4 saturated carbocycles. The van der Waals surface area contributed by atoms with Crippen molar-refractivity contribution < 1.29 is 38.7 Å². The molecule has 7 rings (SSSR count). The molecule has 0 saturated heterocycles. The van der Waals surface area contributed by atoms with E-state index in [0.717, 1.165) is 77.0 Å². The molecular formula is C52H74N2O8. The normalized spacial score (nSPS) is 28.7. The first-order valence-electron chi connectivity index (χ1n) is 23.3. The summed E-state index contributed by atoms with van der Waals surface area (Å²) < 4.78 is 22.1. The molecule has 5 N–H and O–H groups in total. The van der Waals surface area contributed by atoms with E-state index < -0.39 is 17.8 Å². The van der Waals surface area contributed by atoms with Crippen molar-refractivity contribution in [3.63, 3.8) is 0 Å². The Morgan fingerprint density at radius 2 is 1.35 bits per heavy atom. The highest BCUT2D eigenvalue weighted by atomic mass is 16.5. The molecule has 4 fully saturated rings. The van der Waals surface area contributed by atoms with Crippen LogP contribution < -0.4 is 20.5 Å². The predicted molar refractivity (Wildman–Crippen MR) is 243 cm³/mol. The summed E-state index contributed by atoms with van der Waals surface area (Å²) in [6.07, 6.45) is 12.4. The molecule has 2 unspecified atom stereocenters. The second-order valence-corrected chi connectivity index (χ2v) is 19.3. The second kappa shape index (κ2) is 21.0. The number of aliphatic hydroxyl groups is 2. The average molecular weight is 855 g/mol. The fraction of sp³-hybridized carbons (Fsp3) is 0.615. The molecular weight excluding hydrogens is 781 g/mol. The van der Waals surface area contributed by atoms with E-state index in [1.165, 1.54) is 44.9 Å². The molecule has 0 aliphatic heterocycles. The molecule has 0 radical (unpaired) electrons. The lowest BCUT2D eigenvalue weighted by molar-refractivity contribution is -0.129. The molecule has 10 nitrogen and oxygen atoms in total. The lowest BCUT2D eigenvalue weighted by Crippen LogP contribution is -2.54. The average Bonchev–Trinajstić information content (AvgIpc) is 3.65. The number of nitrogens with one attached hydrogen (secondary N) is 1. The molecule has 4 aliphatic rings. The molecule has 0 spiro atoms. The fourth-order valence-electron chi connectivity index (χ4n) is 12.8. The molecule has 62 heavy (non-hydrogen) atoms. The first-order chi connectivity index (χ1) is 29.8. The van der Waals surface area contributed by atoms with Crippen LogP contribution in [0.25, 0.3) is 0 Å². The largest absolute Gasteiger partial charge is 0.497 e. The third kappa shape index (κ3) is 10.3. The Morgan fingerprint density at radius 1 is 0.774 bits per heavy atom. The summed E-state index contributed by atoms with van der Waals surface area (Å²) in [6, 6.07) is 25.4. The van der Waals surface area contributed by atoms with Gasteiger partial charge in [0.2, 0.25) is 5.91 Å². The number of nitrogens with two attached hydrogens (primary N) is 1. The van der Waals surface area contributed by atoms with E-state index in [2.05, 4.69) is 26.1 Å². The van der Waals surface area contributed by atoms with E-state index in [0.29, 0.717) is 29.6 Å². The smallest absolute Gasteiger partial charge is 0.404 e. The van der Waals surface area contributed by atoms with Gasteiger partial charge in [-0.05, 0) is 158 Å². The van der Waals surface area contributed by atoms with Gasteiger partial charge < -0.3 is 40.2 Å². The van der Waals surface area contributed by atoms with Crippen LogP contribution in [-0.2, 0) is 19.9 Å². The Kier molecular flexibility index (Phi) is 16.1. The van der Waals surface area contributed by atoms with Gasteiger partial charge >= 0.3 is 6.09 Å². The number of primary amides is 1. The summed E-state index contributed by atoms with van der Waals surface area (Å²) in [5, 5.41) is 23.4. The van der Waals surface area contributed by atoms with Crippen LogP contribution in [0.15, 0.2) is 78.9 Å². The van der Waals surface area contributed by atoms with E-state index in [-0.39, 0.29) is 31.6 Å². The lowest BCUT2D eigenvalue weighted by atomic mass is 9.44. The zero-order chi connectivity index (χ0) is 44.5. The fourth-order valence-corrected chi connectivity index (χ4v) is 12.8. The van der Waals surface area contributed by atoms with Crippen LogP contribution in [0.4, 0.5) is 4.79 Å². The molecule has 0 bridgehead atoms. The maximum Gasteiger partial charge on any atom is 0.404 e. The molecule has 3 aromatic rings. The van der Waals surface area contributed by atoms with Crippen LogP contribution in [0.1, 0.15) is 121 Å². The second-order valence-electron chi connectivity index (χ2n) is 19.3. The van der Waals surface area contributed by atoms with Crippen molar-refractivity contribution in [3.05, 3.63) is 95.6 Å². The Hall–Kier alpha value is -4.12. The van der Waals surface area contributed by atoms with Crippen molar-refractivity contribution >= 4 is 12.0 Å². The van der Waals surface area contributed by atoms with Gasteiger partial charge in [-0.1, -0.05) is 75.4 Å². The van der Waals surface area contributed by atoms with Crippen molar-refractivity contribution in [2.24, 2.45) is 52.1 Å². The van der Waals surface area contributed by atoms with Crippen LogP contribution in [-0.4, -0.2) is 68.9 Å². The van der Waals surface area contributed by atoms with Gasteiger partial charge in [0.1, 0.15) is 17.1 Å². The quantitative estimate of drug-likeness (QED) is 0.104. The predicted octanol–water partition coefficient (Wildman–Crippen LogP) is 9.42. The minimum atomic E-state index is -0.941. The number of hydrogen-bond acceptors (Lipinski definition) is 8. The van der Waals surface area contributed by atoms with Crippen LogP contribution >= 0.6 is 0 Å². The van der Waals surface area contributed by atoms with Crippen molar-refractivity contribution in [1.82, 2.24) is 5.32 Å². The third-order valence-electron chi connectivity index (χ3n) is 16.1. The minimum Gasteiger partial charge on any atom is -0.497 e. The Balaban J connectivity index is 0.000000210. The van der Waals surface area contributed by atoms with E-state index in [1.807, 2.05) is 78.9 Å². The van der Waals surface area contributed by atoms with Gasteiger partial charge in [0.05, 0.1) is 39.6 Å². The first-order valence-corrected chi connectivity index (χ1v) is 23.3. The van der Waals surface area contributed by atoms with Gasteiger partial charge in [0.25, 0.3) is 0 Å². The summed E-state index contributed by atoms with van der Waals surface area (Å²) in [7, 11) is 5.01. The van der Waals surface area contributed by atoms with E-state index in [1.54, 1.807) is 21.3 Å². The van der Waals surface area contributed by atoms with Crippen molar-refractivity contribution in [2.45, 2.75) is 122 Å². The summed E-state index contributed by atoms with van der Waals surface area (Å²) in [5.41, 5.74) is 7.78. The standard InChI is InChI=1S/C27H31NO6.C25H43NO2/c1-31-24-12-8-21(9-13-24)27(20-6-4-3-5-7-20,22-10-14-25(32-2)15-11-22)34-19-17-23(29)16-18-33-26(28)30;1-16(5-10-23(28)26-4)20-8-9-21-19-7-6-17-15-18(27)11-13-24(17,2)22(19)12-14-25(20,21)3/h3-15,23,29H,16-19H2,1-2H3,(H2,28,30);16-22,27H,5-15H2,1-4H3,(H,26,28)/t;16-,17?,18-,19+,20-,21+,22+,24+,25-/m.1/s1. The zero-order valence-corrected chi connectivity index (χ0v) is 38.2. The van der Waals surface area contributed by atoms with E-state index in [4.69, 9.17) is 24.7 Å². The molecule has 0 aromatic heterocycles. The maximum atomic E-state index is 11.7. The Bertz CT molecular complexity index is 1830. The number of ether oxygens (including phenoxy) is 4. The van der Waals surface area contributed by atoms with E-state index in [9.17, 15) is 19.8 Å². The number of rotatable bonds is 16. The topological polar surface area (TPSA) is 150 Å². The maximum absolute atomic E-state index is 11.7. The summed E-state index contributed by atoms with van der Waals surface area (Å²) in [4.78, 5) is 22.5. The van der Waals surface area contributed by atoms with Gasteiger partial charge in [-0.2, -0.15) is 0 Å². The Labute approximate surface area is 370 Å². The lowest BCUT2D eigenvalue weighted by Gasteiger charge is -2.61. The molecule has 10 atom stereocenters. The van der Waals surface area contributed by atoms with Crippen LogP contribution in [0, 0.1) is 46.3 Å². The van der Waals surface area contributed by atoms with Crippen molar-refractivity contribution in [1.29, 1.82) is 0 Å². The first kappa shape index (κ1) is 47.4. The highest BCUT2D eigenvalue weighted by molar-refractivity contribution is 5.75. The van der Waals surface area contributed by atoms with Crippen LogP contribution in [0.5, 0.6) is 11.5 Å². The number of carbonyl (C=O) groups excluding carboxylic acids is 2. The summed E-state index contributed by atoms with van der Waals surface area (Å²) in [6.45, 7) is 7.92. The monoisotopic (exact) mass is 855 g/mol. The number of carbonyl (C=O) groups is 2. The summed E-state index contributed by atoms with van der Waals surface area (Å²) in [5.74, 6) is 6.57. The Morgan fingerprint density at radius 3 is 1.95 bits per heavy atom. The number of fused-ring (bicyclic) bond motifs is 5. The molecule has 4 aliphatic carbocycles. The molecule has 3 aromatic carbocycles. The van der Waals surface area contributed by atoms with Crippen LogP contribution in [0.2, 0.25) is 0 Å². The number of hydrogen-bond donors (Lipinski definition) is 4. The van der Waals surface area contributed by atoms with Crippen molar-refractivity contribution in [2.75, 3.05) is 34.5 Å². The van der Waals surface area contributed by atoms with Gasteiger partial charge in [-0.25, -0.2) is 4.79 Å². The molecule has 0 heterocycles. The number of amides is 2. The van der Waals surface area contributed by atoms with Gasteiger partial charge in [-0.3, -0.25) is 4.79 Å². The number of benzene rings is 3. The minimum absolute atomic E-state index is 0.0412. The van der Waals surface area contributed by atoms with Gasteiger partial charge in [-0.15, -0.1) is 0 Å². The van der Waals surface area contributed by atoms with Crippen LogP contribution in [0.3, 0.4) is 0 Å². The van der Waals surface area contributed by atoms with Crippen molar-refractivity contribution in [3.8, 4) is 11.5 Å². The zero-order valence-electron chi connectivity index (χ0n) is 38.2. The summed E-state index contributed by atoms with van der Waals surface area (Å²) >= 11 is 0. The van der Waals surface area contributed by atoms with Gasteiger partial charge in [0, 0.05) is 19.9 Å². The SMILES string of the molecule is CNC(=O)CC[C@@H](C)[C@H]1CC[C@H]2[C@@H]3CCC4C[C@H](O)CC[C@]4(C)[C@H]3CC[C@]12C.COc1ccc(C(OCCC(O)CCOC(N)=O)(c2ccccc2)c2ccc(OC)cc2)cc1. The number of methoxy groups -OCH3 is 2. The highest BCUT2D eigenvalue weighted by Gasteiger charge is 2.60.